The van der Waals surface area contributed by atoms with Gasteiger partial charge in [-0.15, -0.1) is 13.2 Å². The molecule has 0 aliphatic rings. The molecule has 0 unspecified atom stereocenters. The molecule has 0 saturated carbocycles. The summed E-state index contributed by atoms with van der Waals surface area (Å²) in [6, 6.07) is 7.27. The zero-order chi connectivity index (χ0) is 16.9. The maximum Gasteiger partial charge on any atom is 0.573 e. The summed E-state index contributed by atoms with van der Waals surface area (Å²) in [5.74, 6) is -0.806. The molecule has 8 heteroatoms. The number of alkyl halides is 3. The molecule has 124 valence electrons. The highest BCUT2D eigenvalue weighted by atomic mass is 19.4. The predicted molar refractivity (Wildman–Crippen MR) is 76.9 cm³/mol. The van der Waals surface area contributed by atoms with Gasteiger partial charge in [0, 0.05) is 17.8 Å². The molecule has 2 aromatic rings. The molecule has 0 radical (unpaired) electrons. The van der Waals surface area contributed by atoms with Gasteiger partial charge in [0.1, 0.15) is 11.4 Å². The van der Waals surface area contributed by atoms with Crippen LogP contribution in [0.5, 0.6) is 5.75 Å². The van der Waals surface area contributed by atoms with Gasteiger partial charge >= 0.3 is 6.36 Å². The van der Waals surface area contributed by atoms with Crippen LogP contribution in [-0.2, 0) is 13.0 Å². The smallest absolute Gasteiger partial charge is 0.405 e. The summed E-state index contributed by atoms with van der Waals surface area (Å²) < 4.78 is 40.9. The Bertz CT molecular complexity index is 668. The van der Waals surface area contributed by atoms with Crippen LogP contribution in [0.3, 0.4) is 0 Å². The summed E-state index contributed by atoms with van der Waals surface area (Å²) in [7, 11) is 0. The first-order valence-corrected chi connectivity index (χ1v) is 7.05. The van der Waals surface area contributed by atoms with E-state index in [0.29, 0.717) is 0 Å². The molecule has 0 bridgehead atoms. The van der Waals surface area contributed by atoms with E-state index in [1.807, 2.05) is 6.92 Å². The molecule has 5 nitrogen and oxygen atoms in total. The lowest BCUT2D eigenvalue weighted by atomic mass is 10.2. The van der Waals surface area contributed by atoms with Crippen molar-refractivity contribution in [2.24, 2.45) is 0 Å². The number of carbonyl (C=O) groups excluding carboxylic acids is 1. The van der Waals surface area contributed by atoms with Gasteiger partial charge < -0.3 is 10.1 Å². The van der Waals surface area contributed by atoms with Crippen molar-refractivity contribution in [1.82, 2.24) is 15.5 Å². The second-order valence-corrected chi connectivity index (χ2v) is 4.87. The van der Waals surface area contributed by atoms with E-state index >= 15 is 0 Å². The van der Waals surface area contributed by atoms with Gasteiger partial charge in [-0.3, -0.25) is 9.89 Å². The average Bonchev–Trinajstić information content (AvgIpc) is 2.93. The highest BCUT2D eigenvalue weighted by Crippen LogP contribution is 2.26. The van der Waals surface area contributed by atoms with Crippen LogP contribution in [0, 0.1) is 0 Å². The number of H-pyrrole nitrogens is 1. The number of ether oxygens (including phenoxy) is 1. The van der Waals surface area contributed by atoms with Crippen molar-refractivity contribution in [2.45, 2.75) is 32.7 Å². The Morgan fingerprint density at radius 3 is 2.78 bits per heavy atom. The maximum atomic E-state index is 12.3. The van der Waals surface area contributed by atoms with E-state index in [1.165, 1.54) is 18.2 Å². The fourth-order valence-electron chi connectivity index (χ4n) is 2.02. The van der Waals surface area contributed by atoms with E-state index < -0.39 is 12.3 Å². The van der Waals surface area contributed by atoms with Crippen LogP contribution in [0.1, 0.15) is 35.1 Å². The van der Waals surface area contributed by atoms with Crippen molar-refractivity contribution in [3.8, 4) is 5.75 Å². The number of halogens is 3. The lowest BCUT2D eigenvalue weighted by Crippen LogP contribution is -2.24. The number of aromatic amines is 1. The number of hydrogen-bond donors (Lipinski definition) is 2. The van der Waals surface area contributed by atoms with E-state index in [9.17, 15) is 18.0 Å². The number of hydrogen-bond acceptors (Lipinski definition) is 3. The van der Waals surface area contributed by atoms with Gasteiger partial charge in [0.2, 0.25) is 0 Å². The largest absolute Gasteiger partial charge is 0.573 e. The van der Waals surface area contributed by atoms with E-state index in [-0.39, 0.29) is 23.6 Å². The van der Waals surface area contributed by atoms with Crippen LogP contribution < -0.4 is 10.1 Å². The Labute approximate surface area is 130 Å². The average molecular weight is 327 g/mol. The molecule has 1 amide bonds. The minimum absolute atomic E-state index is 0.0962. The maximum absolute atomic E-state index is 12.3. The van der Waals surface area contributed by atoms with Gasteiger partial charge in [0.25, 0.3) is 5.91 Å². The van der Waals surface area contributed by atoms with Crippen LogP contribution >= 0.6 is 0 Å². The molecule has 2 rings (SSSR count). The molecule has 23 heavy (non-hydrogen) atoms. The first-order valence-electron chi connectivity index (χ1n) is 7.05. The van der Waals surface area contributed by atoms with Gasteiger partial charge in [0.05, 0.1) is 0 Å². The molecule has 1 heterocycles. The monoisotopic (exact) mass is 327 g/mol. The minimum Gasteiger partial charge on any atom is -0.405 e. The third-order valence-electron chi connectivity index (χ3n) is 3.02. The molecule has 0 aliphatic carbocycles. The van der Waals surface area contributed by atoms with Crippen LogP contribution in [0.4, 0.5) is 13.2 Å². The Morgan fingerprint density at radius 2 is 2.09 bits per heavy atom. The fraction of sp³-hybridized carbons (Fsp3) is 0.333. The third kappa shape index (κ3) is 5.01. The van der Waals surface area contributed by atoms with Crippen molar-refractivity contribution in [1.29, 1.82) is 0 Å². The number of aryl methyl sites for hydroxylation is 1. The number of amides is 1. The molecule has 0 spiro atoms. The molecule has 2 N–H and O–H groups in total. The topological polar surface area (TPSA) is 67.0 Å². The third-order valence-corrected chi connectivity index (χ3v) is 3.02. The Kier molecular flexibility index (Phi) is 5.25. The minimum atomic E-state index is -4.78. The highest BCUT2D eigenvalue weighted by Gasteiger charge is 2.32. The number of para-hydroxylation sites is 1. The predicted octanol–water partition coefficient (Wildman–Crippen LogP) is 3.19. The van der Waals surface area contributed by atoms with Crippen molar-refractivity contribution in [2.75, 3.05) is 0 Å². The van der Waals surface area contributed by atoms with Gasteiger partial charge in [-0.05, 0) is 18.6 Å². The SMILES string of the molecule is CCCc1cc(C(=O)NCc2ccccc2OC(F)(F)F)n[nH]1. The summed E-state index contributed by atoms with van der Waals surface area (Å²) >= 11 is 0. The number of nitrogens with zero attached hydrogens (tertiary/aromatic N) is 1. The van der Waals surface area contributed by atoms with Crippen molar-refractivity contribution in [3.05, 3.63) is 47.3 Å². The molecule has 0 saturated heterocycles. The summed E-state index contributed by atoms with van der Waals surface area (Å²) in [4.78, 5) is 12.0. The van der Waals surface area contributed by atoms with E-state index in [0.717, 1.165) is 18.5 Å². The summed E-state index contributed by atoms with van der Waals surface area (Å²) in [6.07, 6.45) is -3.11. The van der Waals surface area contributed by atoms with E-state index in [1.54, 1.807) is 12.1 Å². The Hall–Kier alpha value is -2.51. The normalized spacial score (nSPS) is 11.3. The zero-order valence-corrected chi connectivity index (χ0v) is 12.4. The van der Waals surface area contributed by atoms with Crippen LogP contribution in [0.15, 0.2) is 30.3 Å². The quantitative estimate of drug-likeness (QED) is 0.856. The Balaban J connectivity index is 2.01. The zero-order valence-electron chi connectivity index (χ0n) is 12.4. The van der Waals surface area contributed by atoms with Crippen molar-refractivity contribution < 1.29 is 22.7 Å². The highest BCUT2D eigenvalue weighted by molar-refractivity contribution is 5.92. The molecular weight excluding hydrogens is 311 g/mol. The standard InChI is InChI=1S/C15H16F3N3O2/c1-2-5-11-8-12(21-20-11)14(22)19-9-10-6-3-4-7-13(10)23-15(16,17)18/h3-4,6-8H,2,5,9H2,1H3,(H,19,22)(H,20,21). The molecule has 0 aliphatic heterocycles. The second-order valence-electron chi connectivity index (χ2n) is 4.87. The number of rotatable bonds is 6. The molecule has 0 atom stereocenters. The van der Waals surface area contributed by atoms with E-state index in [2.05, 4.69) is 20.3 Å². The van der Waals surface area contributed by atoms with Gasteiger partial charge in [-0.2, -0.15) is 5.10 Å². The lowest BCUT2D eigenvalue weighted by Gasteiger charge is -2.13. The first kappa shape index (κ1) is 16.9. The number of carbonyl (C=O) groups is 1. The second kappa shape index (κ2) is 7.17. The van der Waals surface area contributed by atoms with Crippen LogP contribution in [-0.4, -0.2) is 22.5 Å². The molecule has 1 aromatic heterocycles. The lowest BCUT2D eigenvalue weighted by molar-refractivity contribution is -0.274. The van der Waals surface area contributed by atoms with Crippen molar-refractivity contribution in [3.63, 3.8) is 0 Å². The summed E-state index contributed by atoms with van der Waals surface area (Å²) in [6.45, 7) is 1.90. The number of nitrogens with one attached hydrogen (secondary N) is 2. The fourth-order valence-corrected chi connectivity index (χ4v) is 2.02. The Morgan fingerprint density at radius 1 is 1.35 bits per heavy atom. The van der Waals surface area contributed by atoms with Crippen LogP contribution in [0.2, 0.25) is 0 Å². The van der Waals surface area contributed by atoms with Crippen molar-refractivity contribution >= 4 is 5.91 Å². The van der Waals surface area contributed by atoms with Gasteiger partial charge in [-0.1, -0.05) is 31.5 Å². The van der Waals surface area contributed by atoms with E-state index in [4.69, 9.17) is 0 Å². The first-order chi connectivity index (χ1) is 10.9. The summed E-state index contributed by atoms with van der Waals surface area (Å²) in [5, 5.41) is 9.15. The number of benzene rings is 1. The molecule has 0 fully saturated rings. The summed E-state index contributed by atoms with van der Waals surface area (Å²) in [5.41, 5.74) is 1.25. The van der Waals surface area contributed by atoms with Crippen LogP contribution in [0.25, 0.3) is 0 Å². The van der Waals surface area contributed by atoms with Gasteiger partial charge in [-0.25, -0.2) is 0 Å². The van der Waals surface area contributed by atoms with Gasteiger partial charge in [0.15, 0.2) is 0 Å². The molecular formula is C15H16F3N3O2. The molecule has 1 aromatic carbocycles. The number of aromatic nitrogens is 2.